The van der Waals surface area contributed by atoms with E-state index in [1.165, 1.54) is 6.07 Å². The molecule has 1 amide bonds. The molecule has 0 bridgehead atoms. The summed E-state index contributed by atoms with van der Waals surface area (Å²) in [5.74, 6) is -1.39. The van der Waals surface area contributed by atoms with Gasteiger partial charge in [0, 0.05) is 29.6 Å². The van der Waals surface area contributed by atoms with E-state index in [9.17, 15) is 14.3 Å². The smallest absolute Gasteiger partial charge is 0.253 e. The van der Waals surface area contributed by atoms with Crippen LogP contribution in [0.1, 0.15) is 39.9 Å². The van der Waals surface area contributed by atoms with Crippen LogP contribution in [0.2, 0.25) is 0 Å². The zero-order valence-corrected chi connectivity index (χ0v) is 18.7. The van der Waals surface area contributed by atoms with Crippen molar-refractivity contribution in [3.8, 4) is 17.3 Å². The molecule has 0 saturated carbocycles. The summed E-state index contributed by atoms with van der Waals surface area (Å²) < 4.78 is 21.9. The Morgan fingerprint density at radius 3 is 2.50 bits per heavy atom. The van der Waals surface area contributed by atoms with Crippen molar-refractivity contribution in [2.45, 2.75) is 39.7 Å². The molecule has 5 N–H and O–H groups in total. The fourth-order valence-corrected chi connectivity index (χ4v) is 4.43. The number of piperidine rings is 1. The number of carbonyl (C=O) groups excluding carboxylic acids is 1. The summed E-state index contributed by atoms with van der Waals surface area (Å²) in [5, 5.41) is 10.7. The third-order valence-corrected chi connectivity index (χ3v) is 6.19. The number of aromatic hydroxyl groups is 1. The van der Waals surface area contributed by atoms with E-state index in [0.717, 1.165) is 31.5 Å². The molecular formula is C23H28FN5O3. The summed E-state index contributed by atoms with van der Waals surface area (Å²) in [4.78, 5) is 19.2. The van der Waals surface area contributed by atoms with Crippen molar-refractivity contribution in [2.75, 3.05) is 25.9 Å². The summed E-state index contributed by atoms with van der Waals surface area (Å²) >= 11 is 0. The number of halogens is 1. The fourth-order valence-electron chi connectivity index (χ4n) is 4.43. The predicted molar refractivity (Wildman–Crippen MR) is 121 cm³/mol. The molecule has 8 nitrogen and oxygen atoms in total. The highest BCUT2D eigenvalue weighted by atomic mass is 19.1. The number of phenols is 1. The second-order valence-electron chi connectivity index (χ2n) is 8.56. The quantitative estimate of drug-likeness (QED) is 0.573. The van der Waals surface area contributed by atoms with Crippen molar-refractivity contribution in [3.63, 3.8) is 0 Å². The molecule has 4 rings (SSSR count). The molecule has 1 fully saturated rings. The van der Waals surface area contributed by atoms with Gasteiger partial charge in [-0.25, -0.2) is 4.39 Å². The van der Waals surface area contributed by atoms with Gasteiger partial charge in [-0.05, 0) is 58.4 Å². The Hall–Kier alpha value is -3.33. The topological polar surface area (TPSA) is 120 Å². The second kappa shape index (κ2) is 7.98. The fraction of sp³-hybridized carbons (Fsp3) is 0.391. The molecule has 9 heteroatoms. The van der Waals surface area contributed by atoms with Gasteiger partial charge in [0.15, 0.2) is 17.2 Å². The SMILES string of the molecule is Cc1cc2c(C(N)=O)c(N)n(-c3c(C)cc(F)c(O)c3C)c2nc1OC1CCN(C)CC1. The highest BCUT2D eigenvalue weighted by molar-refractivity contribution is 6.11. The number of likely N-dealkylation sites (tertiary alicyclic amines) is 1. The molecular weight excluding hydrogens is 413 g/mol. The van der Waals surface area contributed by atoms with Gasteiger partial charge in [0.25, 0.3) is 5.91 Å². The van der Waals surface area contributed by atoms with Crippen LogP contribution in [0.3, 0.4) is 0 Å². The molecule has 0 aliphatic carbocycles. The molecule has 170 valence electrons. The van der Waals surface area contributed by atoms with E-state index in [4.69, 9.17) is 21.2 Å². The number of amides is 1. The van der Waals surface area contributed by atoms with Crippen molar-refractivity contribution in [1.82, 2.24) is 14.5 Å². The molecule has 0 atom stereocenters. The maximum absolute atomic E-state index is 14.1. The number of hydrogen-bond acceptors (Lipinski definition) is 6. The van der Waals surface area contributed by atoms with E-state index in [1.807, 2.05) is 6.92 Å². The van der Waals surface area contributed by atoms with Crippen LogP contribution in [0.4, 0.5) is 10.2 Å². The van der Waals surface area contributed by atoms with Crippen LogP contribution in [0.15, 0.2) is 12.1 Å². The van der Waals surface area contributed by atoms with E-state index in [2.05, 4.69) is 11.9 Å². The van der Waals surface area contributed by atoms with Crippen LogP contribution in [0.5, 0.6) is 11.6 Å². The molecule has 2 aromatic heterocycles. The van der Waals surface area contributed by atoms with E-state index in [-0.39, 0.29) is 23.0 Å². The first-order valence-corrected chi connectivity index (χ1v) is 10.6. The van der Waals surface area contributed by atoms with Crippen LogP contribution in [-0.4, -0.2) is 51.7 Å². The number of nitrogen functional groups attached to an aromatic ring is 1. The first-order valence-electron chi connectivity index (χ1n) is 10.6. The molecule has 0 spiro atoms. The third kappa shape index (κ3) is 3.52. The lowest BCUT2D eigenvalue weighted by molar-refractivity contribution is 0.100. The molecule has 1 aromatic carbocycles. The minimum absolute atomic E-state index is 0.0320. The number of aromatic nitrogens is 2. The number of anilines is 1. The van der Waals surface area contributed by atoms with Crippen molar-refractivity contribution in [3.05, 3.63) is 40.2 Å². The minimum Gasteiger partial charge on any atom is -0.505 e. The number of nitrogens with zero attached hydrogens (tertiary/aromatic N) is 3. The van der Waals surface area contributed by atoms with E-state index in [0.29, 0.717) is 28.2 Å². The summed E-state index contributed by atoms with van der Waals surface area (Å²) in [6.07, 6.45) is 1.80. The number of benzene rings is 1. The van der Waals surface area contributed by atoms with Gasteiger partial charge in [-0.2, -0.15) is 4.98 Å². The number of pyridine rings is 1. The van der Waals surface area contributed by atoms with Gasteiger partial charge in [0.05, 0.1) is 11.3 Å². The Bertz CT molecular complexity index is 1230. The number of primary amides is 1. The number of carbonyl (C=O) groups is 1. The van der Waals surface area contributed by atoms with E-state index >= 15 is 0 Å². The van der Waals surface area contributed by atoms with Gasteiger partial charge in [0.2, 0.25) is 5.88 Å². The Labute approximate surface area is 185 Å². The number of fused-ring (bicyclic) bond motifs is 1. The Morgan fingerprint density at radius 1 is 1.22 bits per heavy atom. The maximum Gasteiger partial charge on any atom is 0.253 e. The van der Waals surface area contributed by atoms with E-state index < -0.39 is 17.5 Å². The van der Waals surface area contributed by atoms with E-state index in [1.54, 1.807) is 24.5 Å². The Kier molecular flexibility index (Phi) is 5.46. The standard InChI is InChI=1S/C23H28FN5O3/c1-11-10-16(24)19(30)13(3)18(11)29-20(25)17(21(26)31)15-9-12(2)23(27-22(15)29)32-14-5-7-28(4)8-6-14/h9-10,14,30H,5-8,25H2,1-4H3,(H2,26,31). The number of ether oxygens (including phenoxy) is 1. The van der Waals surface area contributed by atoms with Crippen molar-refractivity contribution in [2.24, 2.45) is 5.73 Å². The van der Waals surface area contributed by atoms with Crippen LogP contribution in [0.25, 0.3) is 16.7 Å². The lowest BCUT2D eigenvalue weighted by atomic mass is 10.1. The molecule has 0 unspecified atom stereocenters. The largest absolute Gasteiger partial charge is 0.505 e. The van der Waals surface area contributed by atoms with Crippen molar-refractivity contribution in [1.29, 1.82) is 0 Å². The molecule has 1 aliphatic heterocycles. The number of nitrogens with two attached hydrogens (primary N) is 2. The molecule has 1 aliphatic rings. The first kappa shape index (κ1) is 21.9. The van der Waals surface area contributed by atoms with Crippen LogP contribution in [-0.2, 0) is 0 Å². The van der Waals surface area contributed by atoms with Gasteiger partial charge in [-0.1, -0.05) is 0 Å². The monoisotopic (exact) mass is 441 g/mol. The summed E-state index contributed by atoms with van der Waals surface area (Å²) in [6.45, 7) is 7.02. The third-order valence-electron chi connectivity index (χ3n) is 6.19. The summed E-state index contributed by atoms with van der Waals surface area (Å²) in [5.41, 5.74) is 14.5. The highest BCUT2D eigenvalue weighted by Gasteiger charge is 2.27. The zero-order chi connectivity index (χ0) is 23.3. The molecule has 0 radical (unpaired) electrons. The molecule has 32 heavy (non-hydrogen) atoms. The number of hydrogen-bond donors (Lipinski definition) is 3. The lowest BCUT2D eigenvalue weighted by Crippen LogP contribution is -2.35. The van der Waals surface area contributed by atoms with Gasteiger partial charge >= 0.3 is 0 Å². The van der Waals surface area contributed by atoms with Crippen molar-refractivity contribution < 1.29 is 19.0 Å². The van der Waals surface area contributed by atoms with Crippen LogP contribution < -0.4 is 16.2 Å². The number of aryl methyl sites for hydroxylation is 2. The average molecular weight is 442 g/mol. The first-order chi connectivity index (χ1) is 15.1. The van der Waals surface area contributed by atoms with Crippen LogP contribution >= 0.6 is 0 Å². The lowest BCUT2D eigenvalue weighted by Gasteiger charge is -2.29. The number of rotatable bonds is 4. The minimum atomic E-state index is -0.732. The summed E-state index contributed by atoms with van der Waals surface area (Å²) in [7, 11) is 2.08. The molecule has 3 heterocycles. The summed E-state index contributed by atoms with van der Waals surface area (Å²) in [6, 6.07) is 3.00. The van der Waals surface area contributed by atoms with Gasteiger partial charge < -0.3 is 26.2 Å². The maximum atomic E-state index is 14.1. The van der Waals surface area contributed by atoms with Gasteiger partial charge in [0.1, 0.15) is 11.9 Å². The number of phenolic OH excluding ortho intramolecular Hbond substituents is 1. The van der Waals surface area contributed by atoms with Crippen LogP contribution in [0, 0.1) is 26.6 Å². The molecule has 1 saturated heterocycles. The highest BCUT2D eigenvalue weighted by Crippen LogP contribution is 2.38. The Morgan fingerprint density at radius 2 is 1.88 bits per heavy atom. The van der Waals surface area contributed by atoms with Gasteiger partial charge in [-0.15, -0.1) is 0 Å². The second-order valence-corrected chi connectivity index (χ2v) is 8.56. The zero-order valence-electron chi connectivity index (χ0n) is 18.7. The Balaban J connectivity index is 1.94. The normalized spacial score (nSPS) is 15.4. The average Bonchev–Trinajstić information content (AvgIpc) is 2.99. The predicted octanol–water partition coefficient (Wildman–Crippen LogP) is 2.95. The van der Waals surface area contributed by atoms with Crippen molar-refractivity contribution >= 4 is 22.8 Å². The molecule has 3 aromatic rings. The van der Waals surface area contributed by atoms with Gasteiger partial charge in [-0.3, -0.25) is 9.36 Å².